The van der Waals surface area contributed by atoms with Gasteiger partial charge in [-0.1, -0.05) is 41.1 Å². The third-order valence-corrected chi connectivity index (χ3v) is 5.47. The zero-order chi connectivity index (χ0) is 21.9. The van der Waals surface area contributed by atoms with Gasteiger partial charge in [-0.25, -0.2) is 12.8 Å². The van der Waals surface area contributed by atoms with Gasteiger partial charge in [0.15, 0.2) is 0 Å². The number of halogens is 1. The molecule has 2 aromatic carbocycles. The number of aromatic nitrogens is 2. The van der Waals surface area contributed by atoms with E-state index in [1.54, 1.807) is 0 Å². The lowest BCUT2D eigenvalue weighted by Crippen LogP contribution is -2.41. The first kappa shape index (κ1) is 21.4. The van der Waals surface area contributed by atoms with Gasteiger partial charge in [0.2, 0.25) is 27.6 Å². The third kappa shape index (κ3) is 5.01. The van der Waals surface area contributed by atoms with Crippen LogP contribution in [0.5, 0.6) is 0 Å². The Morgan fingerprint density at radius 2 is 1.90 bits per heavy atom. The molecule has 0 bridgehead atoms. The van der Waals surface area contributed by atoms with Gasteiger partial charge in [-0.3, -0.25) is 9.10 Å². The number of amides is 1. The fraction of sp³-hybridized carbons (Fsp3) is 0.250. The van der Waals surface area contributed by atoms with Gasteiger partial charge in [0.05, 0.1) is 18.5 Å². The first-order chi connectivity index (χ1) is 14.1. The molecule has 0 aliphatic carbocycles. The van der Waals surface area contributed by atoms with E-state index in [4.69, 9.17) is 4.52 Å². The number of nitrogens with zero attached hydrogens (tertiary/aromatic N) is 4. The van der Waals surface area contributed by atoms with Crippen LogP contribution < -0.4 is 4.31 Å². The Kier molecular flexibility index (Phi) is 6.16. The maximum Gasteiger partial charge on any atom is 0.246 e. The van der Waals surface area contributed by atoms with Gasteiger partial charge in [0.25, 0.3) is 0 Å². The van der Waals surface area contributed by atoms with E-state index < -0.39 is 28.3 Å². The van der Waals surface area contributed by atoms with Crippen LogP contribution in [0.1, 0.15) is 11.5 Å². The van der Waals surface area contributed by atoms with Crippen LogP contribution in [-0.2, 0) is 21.4 Å². The lowest BCUT2D eigenvalue weighted by molar-refractivity contribution is -0.129. The molecule has 0 saturated heterocycles. The van der Waals surface area contributed by atoms with Gasteiger partial charge in [-0.15, -0.1) is 0 Å². The number of hydrogen-bond acceptors (Lipinski definition) is 6. The van der Waals surface area contributed by atoms with E-state index in [1.165, 1.54) is 30.1 Å². The van der Waals surface area contributed by atoms with Crippen LogP contribution in [0.25, 0.3) is 11.4 Å². The van der Waals surface area contributed by atoms with Crippen molar-refractivity contribution in [3.05, 3.63) is 65.8 Å². The molecule has 0 radical (unpaired) electrons. The molecule has 0 atom stereocenters. The van der Waals surface area contributed by atoms with Crippen LogP contribution >= 0.6 is 0 Å². The van der Waals surface area contributed by atoms with Gasteiger partial charge in [-0.2, -0.15) is 4.98 Å². The second kappa shape index (κ2) is 8.62. The lowest BCUT2D eigenvalue weighted by atomic mass is 10.1. The number of sulfonamides is 1. The van der Waals surface area contributed by atoms with Crippen molar-refractivity contribution < 1.29 is 22.1 Å². The van der Waals surface area contributed by atoms with Crippen LogP contribution in [0.15, 0.2) is 53.1 Å². The molecule has 10 heteroatoms. The lowest BCUT2D eigenvalue weighted by Gasteiger charge is -2.24. The highest BCUT2D eigenvalue weighted by Crippen LogP contribution is 2.22. The number of hydrogen-bond donors (Lipinski definition) is 0. The van der Waals surface area contributed by atoms with Gasteiger partial charge < -0.3 is 9.42 Å². The van der Waals surface area contributed by atoms with Crippen molar-refractivity contribution in [2.75, 3.05) is 24.2 Å². The maximum absolute atomic E-state index is 14.1. The molecule has 0 N–H and O–H groups in total. The molecule has 158 valence electrons. The molecule has 0 aliphatic heterocycles. The summed E-state index contributed by atoms with van der Waals surface area (Å²) in [6.45, 7) is 1.36. The van der Waals surface area contributed by atoms with Gasteiger partial charge in [0, 0.05) is 12.6 Å². The predicted octanol–water partition coefficient (Wildman–Crippen LogP) is 2.61. The molecule has 0 aliphatic rings. The summed E-state index contributed by atoms with van der Waals surface area (Å²) in [5.41, 5.74) is 1.63. The summed E-state index contributed by atoms with van der Waals surface area (Å²) >= 11 is 0. The molecular formula is C20H21FN4O4S. The van der Waals surface area contributed by atoms with Gasteiger partial charge >= 0.3 is 0 Å². The molecule has 3 aromatic rings. The highest BCUT2D eigenvalue weighted by Gasteiger charge is 2.25. The van der Waals surface area contributed by atoms with Crippen molar-refractivity contribution in [2.24, 2.45) is 0 Å². The Hall–Kier alpha value is -3.27. The van der Waals surface area contributed by atoms with Crippen molar-refractivity contribution in [1.29, 1.82) is 0 Å². The SMILES string of the molecule is Cc1cccc(-c2noc(CN(C)C(=O)CN(c3ccccc3F)S(C)(=O)=O)n2)c1. The summed E-state index contributed by atoms with van der Waals surface area (Å²) in [6.07, 6.45) is 0.916. The van der Waals surface area contributed by atoms with Crippen LogP contribution in [-0.4, -0.2) is 49.2 Å². The third-order valence-electron chi connectivity index (χ3n) is 4.34. The fourth-order valence-electron chi connectivity index (χ4n) is 2.79. The molecule has 0 fully saturated rings. The molecule has 1 amide bonds. The number of carbonyl (C=O) groups is 1. The highest BCUT2D eigenvalue weighted by molar-refractivity contribution is 7.92. The Balaban J connectivity index is 1.73. The summed E-state index contributed by atoms with van der Waals surface area (Å²) in [6, 6.07) is 12.9. The van der Waals surface area contributed by atoms with E-state index in [2.05, 4.69) is 10.1 Å². The van der Waals surface area contributed by atoms with Crippen molar-refractivity contribution in [2.45, 2.75) is 13.5 Å². The topological polar surface area (TPSA) is 96.6 Å². The smallest absolute Gasteiger partial charge is 0.246 e. The van der Waals surface area contributed by atoms with Crippen LogP contribution in [0.2, 0.25) is 0 Å². The second-order valence-corrected chi connectivity index (χ2v) is 8.76. The quantitative estimate of drug-likeness (QED) is 0.569. The van der Waals surface area contributed by atoms with E-state index in [-0.39, 0.29) is 18.1 Å². The predicted molar refractivity (Wildman–Crippen MR) is 110 cm³/mol. The van der Waals surface area contributed by atoms with E-state index in [1.807, 2.05) is 31.2 Å². The Labute approximate surface area is 174 Å². The van der Waals surface area contributed by atoms with Crippen molar-refractivity contribution in [1.82, 2.24) is 15.0 Å². The largest absolute Gasteiger partial charge is 0.337 e. The first-order valence-corrected chi connectivity index (χ1v) is 10.9. The van der Waals surface area contributed by atoms with Gasteiger partial charge in [0.1, 0.15) is 12.4 Å². The molecule has 0 unspecified atom stereocenters. The minimum absolute atomic E-state index is 0.0213. The molecule has 1 heterocycles. The molecule has 1 aromatic heterocycles. The van der Waals surface area contributed by atoms with Gasteiger partial charge in [-0.05, 0) is 25.1 Å². The normalized spacial score (nSPS) is 11.3. The number of likely N-dealkylation sites (N-methyl/N-ethyl adjacent to an activating group) is 1. The van der Waals surface area contributed by atoms with E-state index >= 15 is 0 Å². The summed E-state index contributed by atoms with van der Waals surface area (Å²) < 4.78 is 44.3. The number of rotatable bonds is 7. The molecule has 8 nitrogen and oxygen atoms in total. The number of aryl methyl sites for hydroxylation is 1. The minimum Gasteiger partial charge on any atom is -0.337 e. The number of benzene rings is 2. The summed E-state index contributed by atoms with van der Waals surface area (Å²) in [5.74, 6) is -0.713. The first-order valence-electron chi connectivity index (χ1n) is 9.01. The van der Waals surface area contributed by atoms with Crippen molar-refractivity contribution in [3.63, 3.8) is 0 Å². The molecule has 3 rings (SSSR count). The average molecular weight is 432 g/mol. The average Bonchev–Trinajstić information content (AvgIpc) is 3.14. The molecular weight excluding hydrogens is 411 g/mol. The summed E-state index contributed by atoms with van der Waals surface area (Å²) in [5, 5.41) is 3.92. The zero-order valence-corrected chi connectivity index (χ0v) is 17.6. The van der Waals surface area contributed by atoms with E-state index in [0.29, 0.717) is 5.82 Å². The second-order valence-electron chi connectivity index (χ2n) is 6.85. The Morgan fingerprint density at radius 1 is 1.17 bits per heavy atom. The minimum atomic E-state index is -3.88. The fourth-order valence-corrected chi connectivity index (χ4v) is 3.64. The maximum atomic E-state index is 14.1. The van der Waals surface area contributed by atoms with Crippen LogP contribution in [0, 0.1) is 12.7 Å². The van der Waals surface area contributed by atoms with E-state index in [9.17, 15) is 17.6 Å². The van der Waals surface area contributed by atoms with Crippen LogP contribution in [0.3, 0.4) is 0 Å². The van der Waals surface area contributed by atoms with Crippen LogP contribution in [0.4, 0.5) is 10.1 Å². The number of carbonyl (C=O) groups excluding carboxylic acids is 1. The Morgan fingerprint density at radius 3 is 2.57 bits per heavy atom. The van der Waals surface area contributed by atoms with E-state index in [0.717, 1.165) is 27.8 Å². The standard InChI is InChI=1S/C20H21FN4O4S/c1-14-7-6-8-15(11-14)20-22-18(29-23-20)12-24(2)19(26)13-25(30(3,27)28)17-10-5-4-9-16(17)21/h4-11H,12-13H2,1-3H3. The number of anilines is 1. The number of para-hydroxylation sites is 1. The molecule has 0 saturated carbocycles. The summed E-state index contributed by atoms with van der Waals surface area (Å²) in [4.78, 5) is 18.1. The highest BCUT2D eigenvalue weighted by atomic mass is 32.2. The monoisotopic (exact) mass is 432 g/mol. The zero-order valence-electron chi connectivity index (χ0n) is 16.7. The molecule has 30 heavy (non-hydrogen) atoms. The Bertz CT molecular complexity index is 1160. The summed E-state index contributed by atoms with van der Waals surface area (Å²) in [7, 11) is -2.41. The van der Waals surface area contributed by atoms with Crippen molar-refractivity contribution in [3.8, 4) is 11.4 Å². The van der Waals surface area contributed by atoms with Crippen molar-refractivity contribution >= 4 is 21.6 Å². The molecule has 0 spiro atoms.